The van der Waals surface area contributed by atoms with Gasteiger partial charge >= 0.3 is 0 Å². The summed E-state index contributed by atoms with van der Waals surface area (Å²) in [6, 6.07) is 11.5. The molecular weight excluding hydrogens is 310 g/mol. The zero-order chi connectivity index (χ0) is 16.1. The molecule has 120 valence electrons. The molecule has 5 nitrogen and oxygen atoms in total. The van der Waals surface area contributed by atoms with Gasteiger partial charge in [-0.3, -0.25) is 5.10 Å². The highest BCUT2D eigenvalue weighted by Gasteiger charge is 2.10. The zero-order valence-corrected chi connectivity index (χ0v) is 13.6. The van der Waals surface area contributed by atoms with Gasteiger partial charge in [-0.15, -0.1) is 11.3 Å². The van der Waals surface area contributed by atoms with Crippen molar-refractivity contribution >= 4 is 11.3 Å². The predicted molar refractivity (Wildman–Crippen MR) is 91.6 cm³/mol. The molecule has 23 heavy (non-hydrogen) atoms. The molecule has 1 atom stereocenters. The highest BCUT2D eigenvalue weighted by Crippen LogP contribution is 2.25. The molecule has 0 saturated heterocycles. The molecule has 1 unspecified atom stereocenters. The van der Waals surface area contributed by atoms with Crippen molar-refractivity contribution < 1.29 is 9.84 Å². The number of hydrogen-bond donors (Lipinski definition) is 3. The van der Waals surface area contributed by atoms with E-state index in [1.165, 1.54) is 0 Å². The Morgan fingerprint density at radius 1 is 1.30 bits per heavy atom. The van der Waals surface area contributed by atoms with E-state index < -0.39 is 6.10 Å². The Kier molecular flexibility index (Phi) is 5.07. The Morgan fingerprint density at radius 2 is 2.13 bits per heavy atom. The summed E-state index contributed by atoms with van der Waals surface area (Å²) in [7, 11) is 1.63. The topological polar surface area (TPSA) is 70.2 Å². The molecule has 3 aromatic rings. The fourth-order valence-corrected chi connectivity index (χ4v) is 3.12. The number of thiophene rings is 1. The summed E-state index contributed by atoms with van der Waals surface area (Å²) in [4.78, 5) is 1.16. The molecule has 6 heteroatoms. The van der Waals surface area contributed by atoms with E-state index in [9.17, 15) is 5.11 Å². The first-order valence-electron chi connectivity index (χ1n) is 7.37. The van der Waals surface area contributed by atoms with Crippen molar-refractivity contribution in [3.8, 4) is 16.3 Å². The van der Waals surface area contributed by atoms with Crippen LogP contribution in [0.1, 0.15) is 17.2 Å². The standard InChI is InChI=1S/C17H19N3O2S/c1-22-14-6-4-12(5-7-14)15(21)11-18-9-13-10-19-20-17(13)16-3-2-8-23-16/h2-8,10,15,18,21H,9,11H2,1H3,(H,19,20). The number of ether oxygens (including phenoxy) is 1. The number of nitrogens with one attached hydrogen (secondary N) is 2. The monoisotopic (exact) mass is 329 g/mol. The molecule has 3 rings (SSSR count). The molecule has 0 spiro atoms. The number of H-pyrrole nitrogens is 1. The summed E-state index contributed by atoms with van der Waals surface area (Å²) in [5.74, 6) is 0.785. The number of aliphatic hydroxyl groups is 1. The number of aromatic nitrogens is 2. The molecule has 1 aromatic carbocycles. The van der Waals surface area contributed by atoms with Crippen LogP contribution in [0.3, 0.4) is 0 Å². The second kappa shape index (κ2) is 7.41. The maximum Gasteiger partial charge on any atom is 0.118 e. The van der Waals surface area contributed by atoms with E-state index in [0.29, 0.717) is 13.1 Å². The van der Waals surface area contributed by atoms with Gasteiger partial charge in [0.05, 0.1) is 30.0 Å². The second-order valence-corrected chi connectivity index (χ2v) is 6.12. The van der Waals surface area contributed by atoms with Crippen molar-refractivity contribution in [3.63, 3.8) is 0 Å². The van der Waals surface area contributed by atoms with Crippen molar-refractivity contribution in [1.82, 2.24) is 15.5 Å². The quantitative estimate of drug-likeness (QED) is 0.623. The van der Waals surface area contributed by atoms with Crippen molar-refractivity contribution in [2.75, 3.05) is 13.7 Å². The minimum Gasteiger partial charge on any atom is -0.497 e. The molecule has 0 fully saturated rings. The lowest BCUT2D eigenvalue weighted by molar-refractivity contribution is 0.174. The van der Waals surface area contributed by atoms with Crippen LogP contribution in [0.5, 0.6) is 5.75 Å². The van der Waals surface area contributed by atoms with Crippen LogP contribution in [0.4, 0.5) is 0 Å². The SMILES string of the molecule is COc1ccc(C(O)CNCc2cn[nH]c2-c2cccs2)cc1. The maximum atomic E-state index is 10.2. The maximum absolute atomic E-state index is 10.2. The third-order valence-electron chi connectivity index (χ3n) is 3.64. The molecule has 0 bridgehead atoms. The van der Waals surface area contributed by atoms with Gasteiger partial charge < -0.3 is 15.2 Å². The normalized spacial score (nSPS) is 12.3. The molecule has 0 saturated carbocycles. The molecule has 0 aliphatic carbocycles. The van der Waals surface area contributed by atoms with Gasteiger partial charge in [0.15, 0.2) is 0 Å². The predicted octanol–water partition coefficient (Wildman–Crippen LogP) is 2.97. The van der Waals surface area contributed by atoms with Crippen LogP contribution in [0.2, 0.25) is 0 Å². The lowest BCUT2D eigenvalue weighted by Crippen LogP contribution is -2.21. The Bertz CT molecular complexity index is 723. The van der Waals surface area contributed by atoms with Crippen molar-refractivity contribution in [3.05, 3.63) is 59.1 Å². The summed E-state index contributed by atoms with van der Waals surface area (Å²) in [5.41, 5.74) is 2.99. The number of aliphatic hydroxyl groups excluding tert-OH is 1. The molecule has 0 aliphatic rings. The van der Waals surface area contributed by atoms with E-state index in [1.54, 1.807) is 18.4 Å². The van der Waals surface area contributed by atoms with Crippen LogP contribution >= 0.6 is 11.3 Å². The van der Waals surface area contributed by atoms with Gasteiger partial charge in [-0.25, -0.2) is 0 Å². The minimum atomic E-state index is -0.557. The fraction of sp³-hybridized carbons (Fsp3) is 0.235. The summed E-state index contributed by atoms with van der Waals surface area (Å²) in [6.45, 7) is 1.12. The van der Waals surface area contributed by atoms with Gasteiger partial charge in [0, 0.05) is 18.7 Å². The molecule has 2 heterocycles. The van der Waals surface area contributed by atoms with Crippen LogP contribution in [0, 0.1) is 0 Å². The minimum absolute atomic E-state index is 0.474. The summed E-state index contributed by atoms with van der Waals surface area (Å²) in [6.07, 6.45) is 1.26. The first kappa shape index (κ1) is 15.7. The first-order chi connectivity index (χ1) is 11.3. The van der Waals surface area contributed by atoms with Crippen LogP contribution < -0.4 is 10.1 Å². The largest absolute Gasteiger partial charge is 0.497 e. The number of hydrogen-bond acceptors (Lipinski definition) is 5. The van der Waals surface area contributed by atoms with Gasteiger partial charge in [0.25, 0.3) is 0 Å². The summed E-state index contributed by atoms with van der Waals surface area (Å²) in [5, 5.41) is 22.7. The molecule has 0 radical (unpaired) electrons. The Hall–Kier alpha value is -2.15. The van der Waals surface area contributed by atoms with E-state index in [4.69, 9.17) is 4.74 Å². The van der Waals surface area contributed by atoms with Crippen molar-refractivity contribution in [2.24, 2.45) is 0 Å². The van der Waals surface area contributed by atoms with E-state index in [1.807, 2.05) is 41.9 Å². The fourth-order valence-electron chi connectivity index (χ4n) is 2.37. The van der Waals surface area contributed by atoms with E-state index in [2.05, 4.69) is 21.6 Å². The van der Waals surface area contributed by atoms with Crippen LogP contribution in [-0.2, 0) is 6.54 Å². The van der Waals surface area contributed by atoms with Crippen molar-refractivity contribution in [2.45, 2.75) is 12.6 Å². The zero-order valence-electron chi connectivity index (χ0n) is 12.8. The van der Waals surface area contributed by atoms with Gasteiger partial charge in [-0.05, 0) is 29.1 Å². The molecule has 3 N–H and O–H groups in total. The summed E-state index contributed by atoms with van der Waals surface area (Å²) >= 11 is 1.67. The van der Waals surface area contributed by atoms with Crippen LogP contribution in [0.25, 0.3) is 10.6 Å². The number of methoxy groups -OCH3 is 1. The highest BCUT2D eigenvalue weighted by atomic mass is 32.1. The Morgan fingerprint density at radius 3 is 2.83 bits per heavy atom. The first-order valence-corrected chi connectivity index (χ1v) is 8.24. The second-order valence-electron chi connectivity index (χ2n) is 5.17. The van der Waals surface area contributed by atoms with Gasteiger partial charge in [-0.2, -0.15) is 5.10 Å². The Balaban J connectivity index is 1.56. The lowest BCUT2D eigenvalue weighted by atomic mass is 10.1. The van der Waals surface area contributed by atoms with Crippen LogP contribution in [-0.4, -0.2) is 29.0 Å². The average molecular weight is 329 g/mol. The smallest absolute Gasteiger partial charge is 0.118 e. The lowest BCUT2D eigenvalue weighted by Gasteiger charge is -2.12. The van der Waals surface area contributed by atoms with E-state index in [-0.39, 0.29) is 0 Å². The Labute approximate surface area is 139 Å². The number of rotatable bonds is 7. The average Bonchev–Trinajstić information content (AvgIpc) is 3.25. The third-order valence-corrected chi connectivity index (χ3v) is 4.53. The number of aromatic amines is 1. The molecule has 2 aromatic heterocycles. The highest BCUT2D eigenvalue weighted by molar-refractivity contribution is 7.13. The van der Waals surface area contributed by atoms with Crippen LogP contribution in [0.15, 0.2) is 48.0 Å². The van der Waals surface area contributed by atoms with Gasteiger partial charge in [0.1, 0.15) is 5.75 Å². The van der Waals surface area contributed by atoms with E-state index >= 15 is 0 Å². The molecule has 0 amide bonds. The summed E-state index contributed by atoms with van der Waals surface area (Å²) < 4.78 is 5.12. The molecular formula is C17H19N3O2S. The third kappa shape index (κ3) is 3.79. The van der Waals surface area contributed by atoms with Gasteiger partial charge in [-0.1, -0.05) is 18.2 Å². The van der Waals surface area contributed by atoms with Gasteiger partial charge in [0.2, 0.25) is 0 Å². The van der Waals surface area contributed by atoms with E-state index in [0.717, 1.165) is 27.4 Å². The van der Waals surface area contributed by atoms with Crippen molar-refractivity contribution in [1.29, 1.82) is 0 Å². The number of nitrogens with zero attached hydrogens (tertiary/aromatic N) is 1. The number of benzene rings is 1. The molecule has 0 aliphatic heterocycles.